The zero-order chi connectivity index (χ0) is 20.3. The zero-order valence-electron chi connectivity index (χ0n) is 16.1. The van der Waals surface area contributed by atoms with Crippen molar-refractivity contribution in [2.75, 3.05) is 30.3 Å². The number of ether oxygens (including phenoxy) is 2. The second-order valence-corrected chi connectivity index (χ2v) is 8.68. The maximum Gasteiger partial charge on any atom is 0.263 e. The molecule has 7 nitrogen and oxygen atoms in total. The normalized spacial score (nSPS) is 16.1. The minimum atomic E-state index is -3.53. The van der Waals surface area contributed by atoms with E-state index in [0.717, 1.165) is 23.1 Å². The molecule has 2 aromatic carbocycles. The van der Waals surface area contributed by atoms with Gasteiger partial charge in [0, 0.05) is 0 Å². The zero-order valence-corrected chi connectivity index (χ0v) is 17.0. The number of sulfonamides is 1. The summed E-state index contributed by atoms with van der Waals surface area (Å²) in [5.41, 5.74) is 2.56. The number of hydrogen-bond donors (Lipinski definition) is 1. The molecular formula is C20H24N2O5S. The van der Waals surface area contributed by atoms with Crippen LogP contribution in [-0.2, 0) is 14.8 Å². The number of rotatable bonds is 6. The van der Waals surface area contributed by atoms with E-state index in [-0.39, 0.29) is 19.0 Å². The van der Waals surface area contributed by atoms with Gasteiger partial charge in [0.05, 0.1) is 25.0 Å². The average molecular weight is 404 g/mol. The first-order chi connectivity index (χ1) is 13.3. The van der Waals surface area contributed by atoms with Gasteiger partial charge in [0.2, 0.25) is 10.0 Å². The first-order valence-electron chi connectivity index (χ1n) is 8.97. The summed E-state index contributed by atoms with van der Waals surface area (Å²) < 4.78 is 36.9. The van der Waals surface area contributed by atoms with Crippen LogP contribution in [-0.4, -0.2) is 46.4 Å². The third-order valence-electron chi connectivity index (χ3n) is 4.43. The molecule has 0 aliphatic carbocycles. The quantitative estimate of drug-likeness (QED) is 0.745. The molecule has 1 aliphatic heterocycles. The molecule has 0 unspecified atom stereocenters. The molecule has 0 bridgehead atoms. The lowest BCUT2D eigenvalue weighted by molar-refractivity contribution is -0.127. The molecule has 0 radical (unpaired) electrons. The minimum Gasteiger partial charge on any atom is -0.491 e. The first kappa shape index (κ1) is 20.0. The summed E-state index contributed by atoms with van der Waals surface area (Å²) in [4.78, 5) is 12.5. The highest BCUT2D eigenvalue weighted by molar-refractivity contribution is 7.92. The minimum absolute atomic E-state index is 0.0699. The van der Waals surface area contributed by atoms with Gasteiger partial charge >= 0.3 is 0 Å². The molecule has 1 atom stereocenters. The van der Waals surface area contributed by atoms with E-state index in [9.17, 15) is 13.2 Å². The molecule has 1 N–H and O–H groups in total. The van der Waals surface area contributed by atoms with E-state index in [4.69, 9.17) is 9.47 Å². The average Bonchev–Trinajstić information content (AvgIpc) is 2.66. The predicted molar refractivity (Wildman–Crippen MR) is 107 cm³/mol. The van der Waals surface area contributed by atoms with Gasteiger partial charge < -0.3 is 14.8 Å². The van der Waals surface area contributed by atoms with Crippen molar-refractivity contribution in [2.45, 2.75) is 20.0 Å². The Morgan fingerprint density at radius 1 is 1.25 bits per heavy atom. The van der Waals surface area contributed by atoms with Crippen molar-refractivity contribution in [3.8, 4) is 11.5 Å². The lowest BCUT2D eigenvalue weighted by Crippen LogP contribution is -2.51. The molecule has 150 valence electrons. The van der Waals surface area contributed by atoms with Gasteiger partial charge in [-0.15, -0.1) is 0 Å². The van der Waals surface area contributed by atoms with E-state index in [0.29, 0.717) is 18.0 Å². The smallest absolute Gasteiger partial charge is 0.263 e. The van der Waals surface area contributed by atoms with E-state index < -0.39 is 16.1 Å². The van der Waals surface area contributed by atoms with Crippen molar-refractivity contribution in [2.24, 2.45) is 0 Å². The Morgan fingerprint density at radius 2 is 2.00 bits per heavy atom. The Balaban J connectivity index is 1.60. The summed E-state index contributed by atoms with van der Waals surface area (Å²) >= 11 is 0. The van der Waals surface area contributed by atoms with Gasteiger partial charge in [0.1, 0.15) is 18.1 Å². The molecule has 0 saturated carbocycles. The Kier molecular flexibility index (Phi) is 5.79. The largest absolute Gasteiger partial charge is 0.491 e. The van der Waals surface area contributed by atoms with Crippen molar-refractivity contribution in [3.63, 3.8) is 0 Å². The van der Waals surface area contributed by atoms with E-state index >= 15 is 0 Å². The van der Waals surface area contributed by atoms with Crippen LogP contribution in [0.5, 0.6) is 11.5 Å². The summed E-state index contributed by atoms with van der Waals surface area (Å²) in [6, 6.07) is 12.7. The lowest BCUT2D eigenvalue weighted by atomic mass is 10.1. The molecule has 28 heavy (non-hydrogen) atoms. The highest BCUT2D eigenvalue weighted by Crippen LogP contribution is 2.34. The van der Waals surface area contributed by atoms with Crippen LogP contribution in [0.15, 0.2) is 42.5 Å². The molecule has 0 spiro atoms. The molecule has 1 amide bonds. The van der Waals surface area contributed by atoms with Crippen molar-refractivity contribution in [3.05, 3.63) is 53.6 Å². The van der Waals surface area contributed by atoms with Gasteiger partial charge in [-0.25, -0.2) is 8.42 Å². The Hall–Kier alpha value is -2.74. The van der Waals surface area contributed by atoms with Gasteiger partial charge in [-0.2, -0.15) is 0 Å². The number of fused-ring (bicyclic) bond motifs is 1. The van der Waals surface area contributed by atoms with E-state index in [1.807, 2.05) is 32.0 Å². The van der Waals surface area contributed by atoms with Crippen LogP contribution in [0.25, 0.3) is 0 Å². The number of hydrogen-bond acceptors (Lipinski definition) is 5. The van der Waals surface area contributed by atoms with E-state index in [2.05, 4.69) is 5.32 Å². The Bertz CT molecular complexity index is 974. The Labute approximate surface area is 165 Å². The van der Waals surface area contributed by atoms with Gasteiger partial charge in [-0.3, -0.25) is 9.10 Å². The summed E-state index contributed by atoms with van der Waals surface area (Å²) in [7, 11) is -3.53. The number of nitrogens with one attached hydrogen (secondary N) is 1. The SMILES string of the molecule is Cc1ccc(C)c(OCCNC(=O)[C@@H]2CN(S(C)(=O)=O)c3ccccc3O2)c1. The highest BCUT2D eigenvalue weighted by Gasteiger charge is 2.34. The third-order valence-corrected chi connectivity index (χ3v) is 5.58. The number of para-hydroxylation sites is 2. The molecule has 2 aromatic rings. The fraction of sp³-hybridized carbons (Fsp3) is 0.350. The number of anilines is 1. The molecule has 3 rings (SSSR count). The van der Waals surface area contributed by atoms with Gasteiger partial charge in [0.15, 0.2) is 6.10 Å². The van der Waals surface area contributed by atoms with Crippen molar-refractivity contribution < 1.29 is 22.7 Å². The number of carbonyl (C=O) groups excluding carboxylic acids is 1. The monoisotopic (exact) mass is 404 g/mol. The summed E-state index contributed by atoms with van der Waals surface area (Å²) in [5.74, 6) is 0.763. The van der Waals surface area contributed by atoms with Crippen molar-refractivity contribution in [1.29, 1.82) is 0 Å². The lowest BCUT2D eigenvalue weighted by Gasteiger charge is -2.33. The van der Waals surface area contributed by atoms with E-state index in [1.54, 1.807) is 24.3 Å². The highest BCUT2D eigenvalue weighted by atomic mass is 32.2. The number of benzene rings is 2. The second kappa shape index (κ2) is 8.10. The molecule has 0 fully saturated rings. The molecule has 1 heterocycles. The fourth-order valence-corrected chi connectivity index (χ4v) is 3.88. The first-order valence-corrected chi connectivity index (χ1v) is 10.8. The molecule has 8 heteroatoms. The molecule has 0 aromatic heterocycles. The maximum atomic E-state index is 12.5. The second-order valence-electron chi connectivity index (χ2n) is 6.78. The predicted octanol–water partition coefficient (Wildman–Crippen LogP) is 2.03. The van der Waals surface area contributed by atoms with Gasteiger partial charge in [-0.05, 0) is 43.2 Å². The summed E-state index contributed by atoms with van der Waals surface area (Å²) in [6.45, 7) is 4.46. The fourth-order valence-electron chi connectivity index (χ4n) is 2.96. The molecule has 0 saturated heterocycles. The number of amides is 1. The molecular weight excluding hydrogens is 380 g/mol. The third kappa shape index (κ3) is 4.56. The number of nitrogens with zero attached hydrogens (tertiary/aromatic N) is 1. The summed E-state index contributed by atoms with van der Waals surface area (Å²) in [6.07, 6.45) is 0.188. The van der Waals surface area contributed by atoms with Crippen LogP contribution in [0.3, 0.4) is 0 Å². The topological polar surface area (TPSA) is 84.9 Å². The van der Waals surface area contributed by atoms with Crippen LogP contribution in [0.1, 0.15) is 11.1 Å². The summed E-state index contributed by atoms with van der Waals surface area (Å²) in [5, 5.41) is 2.75. The van der Waals surface area contributed by atoms with Gasteiger partial charge in [0.25, 0.3) is 5.91 Å². The van der Waals surface area contributed by atoms with Crippen molar-refractivity contribution in [1.82, 2.24) is 5.32 Å². The van der Waals surface area contributed by atoms with Crippen molar-refractivity contribution >= 4 is 21.6 Å². The van der Waals surface area contributed by atoms with Crippen LogP contribution in [0.2, 0.25) is 0 Å². The standard InChI is InChI=1S/C20H24N2O5S/c1-14-8-9-15(2)18(12-14)26-11-10-21-20(23)19-13-22(28(3,24)25)16-6-4-5-7-17(16)27-19/h4-9,12,19H,10-11,13H2,1-3H3,(H,21,23)/t19-/m0/s1. The maximum absolute atomic E-state index is 12.5. The van der Waals surface area contributed by atoms with Crippen LogP contribution >= 0.6 is 0 Å². The van der Waals surface area contributed by atoms with Crippen LogP contribution < -0.4 is 19.1 Å². The number of carbonyl (C=O) groups is 1. The Morgan fingerprint density at radius 3 is 2.75 bits per heavy atom. The van der Waals surface area contributed by atoms with Crippen LogP contribution in [0, 0.1) is 13.8 Å². The van der Waals surface area contributed by atoms with Gasteiger partial charge in [-0.1, -0.05) is 24.3 Å². The molecule has 1 aliphatic rings. The van der Waals surface area contributed by atoms with E-state index in [1.165, 1.54) is 4.31 Å². The van der Waals surface area contributed by atoms with Crippen LogP contribution in [0.4, 0.5) is 5.69 Å². The number of aryl methyl sites for hydroxylation is 2.